The Morgan fingerprint density at radius 2 is 1.94 bits per heavy atom. The van der Waals surface area contributed by atoms with Gasteiger partial charge in [-0.15, -0.1) is 11.3 Å². The highest BCUT2D eigenvalue weighted by atomic mass is 32.1. The number of carbonyl (C=O) groups is 3. The minimum absolute atomic E-state index is 0.263. The number of methoxy groups -OCH3 is 1. The zero-order valence-corrected chi connectivity index (χ0v) is 21.0. The second-order valence-corrected chi connectivity index (χ2v) is 9.48. The van der Waals surface area contributed by atoms with E-state index in [9.17, 15) is 14.4 Å². The van der Waals surface area contributed by atoms with Crippen molar-refractivity contribution < 1.29 is 28.3 Å². The number of benzene rings is 1. The number of nitrogens with zero attached hydrogens (tertiary/aromatic N) is 2. The predicted octanol–water partition coefficient (Wildman–Crippen LogP) is 4.03. The molecule has 0 radical (unpaired) electrons. The molecule has 0 spiro atoms. The summed E-state index contributed by atoms with van der Waals surface area (Å²) in [6, 6.07) is 12.6. The molecule has 0 aliphatic carbocycles. The Balaban J connectivity index is 1.41. The Morgan fingerprint density at radius 3 is 2.56 bits per heavy atom. The number of hydrogen-bond acceptors (Lipinski definition) is 8. The number of rotatable bonds is 9. The summed E-state index contributed by atoms with van der Waals surface area (Å²) in [7, 11) is 1.54. The van der Waals surface area contributed by atoms with E-state index >= 15 is 0 Å². The van der Waals surface area contributed by atoms with Gasteiger partial charge in [0.05, 0.1) is 24.0 Å². The monoisotopic (exact) mass is 509 g/mol. The van der Waals surface area contributed by atoms with Crippen LogP contribution >= 0.6 is 11.3 Å². The number of amides is 2. The molecule has 3 aromatic rings. The molecule has 3 heterocycles. The summed E-state index contributed by atoms with van der Waals surface area (Å²) < 4.78 is 16.0. The van der Waals surface area contributed by atoms with Gasteiger partial charge in [0.15, 0.2) is 6.61 Å². The van der Waals surface area contributed by atoms with Gasteiger partial charge in [-0.25, -0.2) is 9.80 Å². The molecule has 1 N–H and O–H groups in total. The van der Waals surface area contributed by atoms with Crippen LogP contribution in [0.15, 0.2) is 69.7 Å². The molecule has 10 heteroatoms. The number of thiophene rings is 1. The van der Waals surface area contributed by atoms with Gasteiger partial charge in [-0.05, 0) is 53.8 Å². The number of furan rings is 1. The summed E-state index contributed by atoms with van der Waals surface area (Å²) in [6.07, 6.45) is 2.03. The van der Waals surface area contributed by atoms with Gasteiger partial charge in [-0.1, -0.05) is 19.9 Å². The SMILES string of the molecule is COc1ccc(C(=O)NC(C(=O)OCC(=O)N2N=C(c3cccs3)CC2c2ccco2)C(C)C)cc1. The Kier molecular flexibility index (Phi) is 7.84. The van der Waals surface area contributed by atoms with Crippen LogP contribution in [-0.4, -0.2) is 48.3 Å². The lowest BCUT2D eigenvalue weighted by atomic mass is 10.0. The van der Waals surface area contributed by atoms with Crippen molar-refractivity contribution >= 4 is 34.8 Å². The van der Waals surface area contributed by atoms with Crippen LogP contribution in [0.5, 0.6) is 5.75 Å². The zero-order chi connectivity index (χ0) is 25.7. The molecule has 36 heavy (non-hydrogen) atoms. The molecule has 0 saturated carbocycles. The van der Waals surface area contributed by atoms with Crippen LogP contribution in [-0.2, 0) is 14.3 Å². The molecule has 4 rings (SSSR count). The smallest absolute Gasteiger partial charge is 0.329 e. The van der Waals surface area contributed by atoms with Gasteiger partial charge in [0, 0.05) is 12.0 Å². The first-order chi connectivity index (χ1) is 17.4. The molecular weight excluding hydrogens is 482 g/mol. The van der Waals surface area contributed by atoms with Gasteiger partial charge in [-0.2, -0.15) is 5.10 Å². The number of carbonyl (C=O) groups excluding carboxylic acids is 3. The van der Waals surface area contributed by atoms with E-state index in [0.717, 1.165) is 10.6 Å². The highest BCUT2D eigenvalue weighted by Crippen LogP contribution is 2.34. The number of hydrazone groups is 1. The second kappa shape index (κ2) is 11.2. The second-order valence-electron chi connectivity index (χ2n) is 8.53. The fraction of sp³-hybridized carbons (Fsp3) is 0.308. The van der Waals surface area contributed by atoms with Crippen LogP contribution in [0, 0.1) is 5.92 Å². The number of ether oxygens (including phenoxy) is 2. The first-order valence-corrected chi connectivity index (χ1v) is 12.3. The maximum Gasteiger partial charge on any atom is 0.329 e. The number of hydrogen-bond donors (Lipinski definition) is 1. The van der Waals surface area contributed by atoms with Crippen LogP contribution in [0.4, 0.5) is 0 Å². The molecule has 9 nitrogen and oxygen atoms in total. The van der Waals surface area contributed by atoms with Gasteiger partial charge >= 0.3 is 5.97 Å². The van der Waals surface area contributed by atoms with Gasteiger partial charge < -0.3 is 19.2 Å². The summed E-state index contributed by atoms with van der Waals surface area (Å²) in [5.41, 5.74) is 1.14. The third kappa shape index (κ3) is 5.65. The largest absolute Gasteiger partial charge is 0.497 e. The first-order valence-electron chi connectivity index (χ1n) is 11.5. The van der Waals surface area contributed by atoms with Gasteiger partial charge in [0.2, 0.25) is 0 Å². The van der Waals surface area contributed by atoms with Crippen molar-refractivity contribution in [3.63, 3.8) is 0 Å². The first kappa shape index (κ1) is 25.2. The molecule has 1 aromatic carbocycles. The lowest BCUT2D eigenvalue weighted by Gasteiger charge is -2.23. The number of nitrogens with one attached hydrogen (secondary N) is 1. The maximum atomic E-state index is 13.1. The van der Waals surface area contributed by atoms with Crippen molar-refractivity contribution in [2.45, 2.75) is 32.4 Å². The molecule has 0 fully saturated rings. The quantitative estimate of drug-likeness (QED) is 0.436. The van der Waals surface area contributed by atoms with Crippen LogP contribution in [0.1, 0.15) is 47.3 Å². The third-order valence-electron chi connectivity index (χ3n) is 5.74. The lowest BCUT2D eigenvalue weighted by Crippen LogP contribution is -2.46. The highest BCUT2D eigenvalue weighted by Gasteiger charge is 2.36. The van der Waals surface area contributed by atoms with E-state index < -0.39 is 36.5 Å². The van der Waals surface area contributed by atoms with Crippen LogP contribution in [0.25, 0.3) is 0 Å². The lowest BCUT2D eigenvalue weighted by molar-refractivity contribution is -0.155. The Morgan fingerprint density at radius 1 is 1.17 bits per heavy atom. The van der Waals surface area contributed by atoms with Crippen molar-refractivity contribution in [3.05, 3.63) is 76.4 Å². The van der Waals surface area contributed by atoms with E-state index in [1.165, 1.54) is 23.5 Å². The Labute approximate surface area is 212 Å². The molecule has 1 aliphatic rings. The Bertz CT molecular complexity index is 1220. The minimum atomic E-state index is -0.933. The van der Waals surface area contributed by atoms with Crippen LogP contribution in [0.3, 0.4) is 0 Å². The van der Waals surface area contributed by atoms with E-state index in [2.05, 4.69) is 10.4 Å². The molecule has 1 aliphatic heterocycles. The molecule has 188 valence electrons. The molecule has 2 amide bonds. The van der Waals surface area contributed by atoms with Gasteiger partial charge in [0.25, 0.3) is 11.8 Å². The van der Waals surface area contributed by atoms with E-state index in [-0.39, 0.29) is 5.92 Å². The fourth-order valence-electron chi connectivity index (χ4n) is 3.79. The summed E-state index contributed by atoms with van der Waals surface area (Å²) in [5.74, 6) is -0.666. The average molecular weight is 510 g/mol. The zero-order valence-electron chi connectivity index (χ0n) is 20.2. The normalized spacial score (nSPS) is 15.9. The van der Waals surface area contributed by atoms with Crippen LogP contribution < -0.4 is 10.1 Å². The van der Waals surface area contributed by atoms with E-state index in [1.54, 1.807) is 56.5 Å². The van der Waals surface area contributed by atoms with Crippen molar-refractivity contribution in [3.8, 4) is 5.75 Å². The predicted molar refractivity (Wildman–Crippen MR) is 134 cm³/mol. The van der Waals surface area contributed by atoms with Gasteiger partial charge in [-0.3, -0.25) is 9.59 Å². The molecule has 0 saturated heterocycles. The summed E-state index contributed by atoms with van der Waals surface area (Å²) >= 11 is 1.53. The summed E-state index contributed by atoms with van der Waals surface area (Å²) in [5, 5.41) is 10.5. The van der Waals surface area contributed by atoms with Crippen molar-refractivity contribution in [1.82, 2.24) is 10.3 Å². The molecule has 2 aromatic heterocycles. The average Bonchev–Trinajstić information content (AvgIpc) is 3.66. The van der Waals surface area contributed by atoms with E-state index in [4.69, 9.17) is 13.9 Å². The number of esters is 1. The maximum absolute atomic E-state index is 13.1. The van der Waals surface area contributed by atoms with Gasteiger partial charge in [0.1, 0.15) is 23.6 Å². The highest BCUT2D eigenvalue weighted by molar-refractivity contribution is 7.12. The van der Waals surface area contributed by atoms with Crippen LogP contribution in [0.2, 0.25) is 0 Å². The molecule has 2 unspecified atom stereocenters. The van der Waals surface area contributed by atoms with Crippen molar-refractivity contribution in [1.29, 1.82) is 0 Å². The third-order valence-corrected chi connectivity index (χ3v) is 6.66. The molecular formula is C26H27N3O6S. The van der Waals surface area contributed by atoms with E-state index in [1.807, 2.05) is 17.5 Å². The summed E-state index contributed by atoms with van der Waals surface area (Å²) in [4.78, 5) is 39.6. The van der Waals surface area contributed by atoms with E-state index in [0.29, 0.717) is 23.5 Å². The molecule has 2 atom stereocenters. The topological polar surface area (TPSA) is 110 Å². The summed E-state index contributed by atoms with van der Waals surface area (Å²) in [6.45, 7) is 3.05. The standard InChI is InChI=1S/C26H27N3O6S/c1-16(2)24(27-25(31)17-8-10-18(33-3)11-9-17)26(32)35-15-23(30)29-20(21-6-4-12-34-21)14-19(28-29)22-7-5-13-36-22/h4-13,16,20,24H,14-15H2,1-3H3,(H,27,31). The Hall–Kier alpha value is -3.92. The van der Waals surface area contributed by atoms with Crippen molar-refractivity contribution in [2.75, 3.05) is 13.7 Å². The van der Waals surface area contributed by atoms with Crippen molar-refractivity contribution in [2.24, 2.45) is 11.0 Å². The molecule has 0 bridgehead atoms. The minimum Gasteiger partial charge on any atom is -0.497 e. The fourth-order valence-corrected chi connectivity index (χ4v) is 4.51.